The number of rotatable bonds is 8. The van der Waals surface area contributed by atoms with Crippen molar-refractivity contribution in [2.45, 2.75) is 70.1 Å². The standard InChI is InChI=1S/C45H46N2O2Si/c1-44(2,3)38-28-16-29-39-37(38)27-17-31-45(39,49-50(35-23-12-6-13-24-35)36-25-14-7-15-26-36)47-32-18-30-40(47)43-46-41(33-19-8-4-9-20-33)42(48-43)34-21-10-5-11-22-34/h4-16,19-26,28-29,40,50H,17-18,27,30-32H2,1-3H3/t40-,45+/m1/s1. The predicted molar refractivity (Wildman–Crippen MR) is 206 cm³/mol. The van der Waals surface area contributed by atoms with Gasteiger partial charge in [0.2, 0.25) is 14.9 Å². The van der Waals surface area contributed by atoms with E-state index in [2.05, 4.69) is 165 Å². The minimum atomic E-state index is -2.18. The van der Waals surface area contributed by atoms with Crippen molar-refractivity contribution in [3.05, 3.63) is 162 Å². The van der Waals surface area contributed by atoms with Gasteiger partial charge in [-0.05, 0) is 59.0 Å². The van der Waals surface area contributed by atoms with E-state index in [-0.39, 0.29) is 11.5 Å². The molecule has 1 aromatic heterocycles. The Bertz CT molecular complexity index is 1940. The topological polar surface area (TPSA) is 38.5 Å². The Labute approximate surface area is 298 Å². The zero-order chi connectivity index (χ0) is 34.1. The molecule has 6 aromatic rings. The van der Waals surface area contributed by atoms with Crippen molar-refractivity contribution in [3.63, 3.8) is 0 Å². The van der Waals surface area contributed by atoms with Crippen molar-refractivity contribution in [2.24, 2.45) is 0 Å². The molecule has 252 valence electrons. The van der Waals surface area contributed by atoms with Gasteiger partial charge < -0.3 is 8.84 Å². The van der Waals surface area contributed by atoms with Crippen LogP contribution >= 0.6 is 0 Å². The molecule has 0 spiro atoms. The minimum absolute atomic E-state index is 0.0201. The van der Waals surface area contributed by atoms with Gasteiger partial charge in [-0.2, -0.15) is 0 Å². The van der Waals surface area contributed by atoms with Gasteiger partial charge in [0.1, 0.15) is 11.4 Å². The quantitative estimate of drug-likeness (QED) is 0.151. The Kier molecular flexibility index (Phi) is 8.90. The van der Waals surface area contributed by atoms with Crippen LogP contribution in [0.2, 0.25) is 0 Å². The number of aromatic nitrogens is 1. The highest BCUT2D eigenvalue weighted by molar-refractivity contribution is 6.80. The van der Waals surface area contributed by atoms with E-state index in [0.29, 0.717) is 0 Å². The molecule has 1 aliphatic carbocycles. The van der Waals surface area contributed by atoms with Gasteiger partial charge in [-0.1, -0.05) is 160 Å². The largest absolute Gasteiger partial charge is 0.438 e. The van der Waals surface area contributed by atoms with Crippen LogP contribution in [0, 0.1) is 0 Å². The van der Waals surface area contributed by atoms with Crippen molar-refractivity contribution in [2.75, 3.05) is 6.54 Å². The van der Waals surface area contributed by atoms with Gasteiger partial charge in [-0.25, -0.2) is 4.98 Å². The van der Waals surface area contributed by atoms with Gasteiger partial charge in [-0.15, -0.1) is 0 Å². The third-order valence-electron chi connectivity index (χ3n) is 10.6. The maximum atomic E-state index is 7.98. The maximum Gasteiger partial charge on any atom is 0.242 e. The summed E-state index contributed by atoms with van der Waals surface area (Å²) in [6, 6.07) is 49.7. The number of hydrogen-bond donors (Lipinski definition) is 0. The van der Waals surface area contributed by atoms with Crippen LogP contribution in [-0.2, 0) is 22.0 Å². The molecule has 2 heterocycles. The predicted octanol–water partition coefficient (Wildman–Crippen LogP) is 9.19. The maximum absolute atomic E-state index is 7.98. The molecule has 0 N–H and O–H groups in total. The molecule has 0 radical (unpaired) electrons. The third kappa shape index (κ3) is 6.08. The van der Waals surface area contributed by atoms with E-state index in [9.17, 15) is 0 Å². The summed E-state index contributed by atoms with van der Waals surface area (Å²) in [5.74, 6) is 1.61. The van der Waals surface area contributed by atoms with E-state index in [1.807, 2.05) is 0 Å². The van der Waals surface area contributed by atoms with Crippen LogP contribution in [0.1, 0.15) is 75.1 Å². The Balaban J connectivity index is 1.31. The van der Waals surface area contributed by atoms with Crippen LogP contribution in [0.3, 0.4) is 0 Å². The minimum Gasteiger partial charge on any atom is -0.438 e. The third-order valence-corrected chi connectivity index (χ3v) is 13.2. The molecule has 5 heteroatoms. The van der Waals surface area contributed by atoms with Crippen LogP contribution in [0.25, 0.3) is 22.6 Å². The Morgan fingerprint density at radius 3 is 1.94 bits per heavy atom. The first-order chi connectivity index (χ1) is 24.4. The Morgan fingerprint density at radius 2 is 1.32 bits per heavy atom. The summed E-state index contributed by atoms with van der Waals surface area (Å²) in [5.41, 5.74) is 6.59. The molecule has 50 heavy (non-hydrogen) atoms. The van der Waals surface area contributed by atoms with Crippen molar-refractivity contribution in [1.29, 1.82) is 0 Å². The second kappa shape index (κ2) is 13.6. The zero-order valence-electron chi connectivity index (χ0n) is 29.4. The Morgan fingerprint density at radius 1 is 0.720 bits per heavy atom. The van der Waals surface area contributed by atoms with Crippen molar-refractivity contribution >= 4 is 19.4 Å². The van der Waals surface area contributed by atoms with Gasteiger partial charge in [0.25, 0.3) is 0 Å². The summed E-state index contributed by atoms with van der Waals surface area (Å²) in [6.07, 6.45) is 5.06. The van der Waals surface area contributed by atoms with E-state index in [1.54, 1.807) is 0 Å². The number of oxazole rings is 1. The van der Waals surface area contributed by atoms with Gasteiger partial charge in [0.15, 0.2) is 5.76 Å². The number of hydrogen-bond acceptors (Lipinski definition) is 4. The average molecular weight is 675 g/mol. The summed E-state index contributed by atoms with van der Waals surface area (Å²) < 4.78 is 14.9. The summed E-state index contributed by atoms with van der Waals surface area (Å²) in [5, 5.41) is 2.59. The fraction of sp³-hybridized carbons (Fsp3) is 0.267. The summed E-state index contributed by atoms with van der Waals surface area (Å²) in [7, 11) is -2.18. The summed E-state index contributed by atoms with van der Waals surface area (Å²) in [4.78, 5) is 8.02. The second-order valence-corrected chi connectivity index (χ2v) is 17.2. The van der Waals surface area contributed by atoms with E-state index < -0.39 is 14.8 Å². The lowest BCUT2D eigenvalue weighted by Gasteiger charge is -2.50. The SMILES string of the molecule is CC(C)(C)c1cccc2c1CCC[C@@]2(O[SiH](c1ccccc1)c1ccccc1)N1CCC[C@@H]1c1nc(-c2ccccc2)c(-c2ccccc2)o1. The number of likely N-dealkylation sites (tertiary alicyclic amines) is 1. The molecule has 1 aliphatic heterocycles. The van der Waals surface area contributed by atoms with E-state index >= 15 is 0 Å². The molecule has 0 saturated carbocycles. The number of fused-ring (bicyclic) bond motifs is 1. The number of benzene rings is 5. The second-order valence-electron chi connectivity index (χ2n) is 14.9. The molecule has 0 amide bonds. The van der Waals surface area contributed by atoms with E-state index in [0.717, 1.165) is 67.1 Å². The monoisotopic (exact) mass is 674 g/mol. The molecule has 1 saturated heterocycles. The van der Waals surface area contributed by atoms with Crippen LogP contribution in [0.4, 0.5) is 0 Å². The highest BCUT2D eigenvalue weighted by atomic mass is 28.3. The molecule has 1 fully saturated rings. The van der Waals surface area contributed by atoms with Crippen molar-refractivity contribution < 1.29 is 8.84 Å². The fourth-order valence-corrected chi connectivity index (χ4v) is 10.9. The molecule has 2 atom stereocenters. The highest BCUT2D eigenvalue weighted by Crippen LogP contribution is 2.51. The molecule has 2 aliphatic rings. The van der Waals surface area contributed by atoms with Crippen LogP contribution < -0.4 is 10.4 Å². The lowest BCUT2D eigenvalue weighted by Crippen LogP contribution is -2.58. The van der Waals surface area contributed by atoms with Crippen molar-refractivity contribution in [3.8, 4) is 22.6 Å². The summed E-state index contributed by atoms with van der Waals surface area (Å²) >= 11 is 0. The Hall–Kier alpha value is -4.55. The molecule has 0 unspecified atom stereocenters. The van der Waals surface area contributed by atoms with Crippen LogP contribution in [0.15, 0.2) is 144 Å². The van der Waals surface area contributed by atoms with Crippen LogP contribution in [-0.4, -0.2) is 25.5 Å². The highest BCUT2D eigenvalue weighted by Gasteiger charge is 2.51. The van der Waals surface area contributed by atoms with Gasteiger partial charge in [-0.3, -0.25) is 4.90 Å². The van der Waals surface area contributed by atoms with Gasteiger partial charge in [0, 0.05) is 23.2 Å². The molecule has 5 aromatic carbocycles. The summed E-state index contributed by atoms with van der Waals surface area (Å²) in [6.45, 7) is 7.94. The fourth-order valence-electron chi connectivity index (χ4n) is 8.34. The number of nitrogens with zero attached hydrogens (tertiary/aromatic N) is 2. The molecule has 0 bridgehead atoms. The van der Waals surface area contributed by atoms with Crippen molar-refractivity contribution in [1.82, 2.24) is 9.88 Å². The molecule has 4 nitrogen and oxygen atoms in total. The lowest BCUT2D eigenvalue weighted by atomic mass is 9.75. The van der Waals surface area contributed by atoms with Gasteiger partial charge >= 0.3 is 0 Å². The van der Waals surface area contributed by atoms with E-state index in [4.69, 9.17) is 13.8 Å². The molecular weight excluding hydrogens is 629 g/mol. The van der Waals surface area contributed by atoms with Crippen LogP contribution in [0.5, 0.6) is 0 Å². The molecule has 8 rings (SSSR count). The zero-order valence-corrected chi connectivity index (χ0v) is 30.5. The van der Waals surface area contributed by atoms with Gasteiger partial charge in [0.05, 0.1) is 6.04 Å². The smallest absolute Gasteiger partial charge is 0.242 e. The van der Waals surface area contributed by atoms with E-state index in [1.165, 1.54) is 27.1 Å². The average Bonchev–Trinajstić information content (AvgIpc) is 3.84. The molecular formula is C45H46N2O2Si. The normalized spacial score (nSPS) is 19.5. The first-order valence-electron chi connectivity index (χ1n) is 18.2. The lowest BCUT2D eigenvalue weighted by molar-refractivity contribution is -0.118. The first kappa shape index (κ1) is 32.6. The first-order valence-corrected chi connectivity index (χ1v) is 19.8.